The number of ether oxygens (including phenoxy) is 1. The summed E-state index contributed by atoms with van der Waals surface area (Å²) in [6, 6.07) is 0.385. The molecule has 15 heavy (non-hydrogen) atoms. The lowest BCUT2D eigenvalue weighted by molar-refractivity contribution is -0.0447. The monoisotopic (exact) mass is 210 g/mol. The number of rotatable bonds is 5. The van der Waals surface area contributed by atoms with Gasteiger partial charge in [-0.3, -0.25) is 4.90 Å². The van der Waals surface area contributed by atoms with Gasteiger partial charge in [-0.15, -0.1) is 12.3 Å². The Balaban J connectivity index is 2.41. The summed E-state index contributed by atoms with van der Waals surface area (Å²) in [5.41, 5.74) is 0. The van der Waals surface area contributed by atoms with E-state index in [0.29, 0.717) is 6.04 Å². The third-order valence-corrected chi connectivity index (χ3v) is 3.04. The highest BCUT2D eigenvalue weighted by Gasteiger charge is 2.25. The summed E-state index contributed by atoms with van der Waals surface area (Å²) in [5, 5.41) is 3.30. The summed E-state index contributed by atoms with van der Waals surface area (Å²) >= 11 is 0. The molecule has 1 heterocycles. The van der Waals surface area contributed by atoms with Crippen molar-refractivity contribution < 1.29 is 4.74 Å². The molecule has 3 heteroatoms. The molecule has 2 atom stereocenters. The van der Waals surface area contributed by atoms with Crippen molar-refractivity contribution in [3.63, 3.8) is 0 Å². The standard InChI is InChI=1S/C12H22N2O/c1-4-6-7-11(13-3)12-10-14(5-2)8-9-15-12/h1,11-13H,5-10H2,2-3H3. The van der Waals surface area contributed by atoms with Crippen molar-refractivity contribution in [3.8, 4) is 12.3 Å². The van der Waals surface area contributed by atoms with Crippen LogP contribution in [0, 0.1) is 12.3 Å². The maximum atomic E-state index is 5.79. The van der Waals surface area contributed by atoms with Crippen LogP contribution in [0.3, 0.4) is 0 Å². The number of morpholine rings is 1. The van der Waals surface area contributed by atoms with Gasteiger partial charge in [0.15, 0.2) is 0 Å². The number of nitrogens with one attached hydrogen (secondary N) is 1. The Kier molecular flexibility index (Phi) is 5.70. The van der Waals surface area contributed by atoms with Gasteiger partial charge in [0, 0.05) is 25.6 Å². The highest BCUT2D eigenvalue weighted by Crippen LogP contribution is 2.12. The number of hydrogen-bond acceptors (Lipinski definition) is 3. The van der Waals surface area contributed by atoms with Gasteiger partial charge in [-0.25, -0.2) is 0 Å². The Morgan fingerprint density at radius 2 is 2.47 bits per heavy atom. The van der Waals surface area contributed by atoms with Crippen LogP contribution in [0.15, 0.2) is 0 Å². The third kappa shape index (κ3) is 3.83. The molecule has 1 saturated heterocycles. The molecule has 0 aromatic rings. The quantitative estimate of drug-likeness (QED) is 0.676. The molecule has 1 rings (SSSR count). The normalized spacial score (nSPS) is 24.7. The van der Waals surface area contributed by atoms with Gasteiger partial charge < -0.3 is 10.1 Å². The van der Waals surface area contributed by atoms with Gasteiger partial charge in [-0.1, -0.05) is 6.92 Å². The van der Waals surface area contributed by atoms with E-state index >= 15 is 0 Å². The molecule has 1 N–H and O–H groups in total. The second-order valence-electron chi connectivity index (χ2n) is 3.94. The zero-order chi connectivity index (χ0) is 11.1. The largest absolute Gasteiger partial charge is 0.374 e. The van der Waals surface area contributed by atoms with Crippen molar-refractivity contribution in [1.82, 2.24) is 10.2 Å². The van der Waals surface area contributed by atoms with Gasteiger partial charge >= 0.3 is 0 Å². The molecule has 0 spiro atoms. The Morgan fingerprint density at radius 3 is 3.07 bits per heavy atom. The van der Waals surface area contributed by atoms with Crippen LogP contribution in [0.1, 0.15) is 19.8 Å². The molecule has 2 unspecified atom stereocenters. The van der Waals surface area contributed by atoms with E-state index in [2.05, 4.69) is 23.1 Å². The lowest BCUT2D eigenvalue weighted by Crippen LogP contribution is -2.51. The molecule has 86 valence electrons. The van der Waals surface area contributed by atoms with E-state index in [1.807, 2.05) is 7.05 Å². The first kappa shape index (κ1) is 12.5. The fourth-order valence-electron chi connectivity index (χ4n) is 2.02. The summed E-state index contributed by atoms with van der Waals surface area (Å²) in [5.74, 6) is 2.69. The summed E-state index contributed by atoms with van der Waals surface area (Å²) in [6.07, 6.45) is 7.39. The third-order valence-electron chi connectivity index (χ3n) is 3.04. The highest BCUT2D eigenvalue weighted by atomic mass is 16.5. The minimum Gasteiger partial charge on any atom is -0.374 e. The van der Waals surface area contributed by atoms with Crippen molar-refractivity contribution >= 4 is 0 Å². The number of nitrogens with zero attached hydrogens (tertiary/aromatic N) is 1. The lowest BCUT2D eigenvalue weighted by atomic mass is 10.0. The van der Waals surface area contributed by atoms with Crippen LogP contribution in [0.25, 0.3) is 0 Å². The summed E-state index contributed by atoms with van der Waals surface area (Å²) in [7, 11) is 1.98. The Bertz CT molecular complexity index is 212. The van der Waals surface area contributed by atoms with Crippen molar-refractivity contribution in [2.45, 2.75) is 31.9 Å². The molecule has 0 saturated carbocycles. The fourth-order valence-corrected chi connectivity index (χ4v) is 2.02. The predicted octanol–water partition coefficient (Wildman–Crippen LogP) is 0.708. The molecule has 0 amide bonds. The average molecular weight is 210 g/mol. The number of terminal acetylenes is 1. The van der Waals surface area contributed by atoms with Gasteiger partial charge in [-0.05, 0) is 20.0 Å². The maximum Gasteiger partial charge on any atom is 0.0855 e. The molecule has 3 nitrogen and oxygen atoms in total. The van der Waals surface area contributed by atoms with E-state index in [1.54, 1.807) is 0 Å². The molecule has 0 aliphatic carbocycles. The molecule has 0 bridgehead atoms. The Hall–Kier alpha value is -0.560. The molecule has 1 aliphatic rings. The SMILES string of the molecule is C#CCCC(NC)C1CN(CC)CCO1. The average Bonchev–Trinajstić information content (AvgIpc) is 2.30. The summed E-state index contributed by atoms with van der Waals surface area (Å²) in [6.45, 7) is 6.21. The summed E-state index contributed by atoms with van der Waals surface area (Å²) < 4.78 is 5.79. The van der Waals surface area contributed by atoms with E-state index in [1.165, 1.54) is 0 Å². The van der Waals surface area contributed by atoms with E-state index in [-0.39, 0.29) is 6.10 Å². The van der Waals surface area contributed by atoms with E-state index < -0.39 is 0 Å². The second-order valence-corrected chi connectivity index (χ2v) is 3.94. The first-order valence-electron chi connectivity index (χ1n) is 5.76. The zero-order valence-electron chi connectivity index (χ0n) is 9.83. The molecular weight excluding hydrogens is 188 g/mol. The van der Waals surface area contributed by atoms with Gasteiger partial charge in [0.1, 0.15) is 0 Å². The highest BCUT2D eigenvalue weighted by molar-refractivity contribution is 4.89. The van der Waals surface area contributed by atoms with E-state index in [9.17, 15) is 0 Å². The van der Waals surface area contributed by atoms with Crippen molar-refractivity contribution in [3.05, 3.63) is 0 Å². The first-order valence-corrected chi connectivity index (χ1v) is 5.76. The van der Waals surface area contributed by atoms with Crippen LogP contribution in [0.4, 0.5) is 0 Å². The van der Waals surface area contributed by atoms with Gasteiger partial charge in [0.25, 0.3) is 0 Å². The first-order chi connectivity index (χ1) is 7.31. The molecular formula is C12H22N2O. The van der Waals surface area contributed by atoms with Crippen molar-refractivity contribution in [2.75, 3.05) is 33.3 Å². The predicted molar refractivity (Wildman–Crippen MR) is 62.8 cm³/mol. The van der Waals surface area contributed by atoms with Gasteiger partial charge in [0.05, 0.1) is 12.7 Å². The van der Waals surface area contributed by atoms with Crippen LogP contribution >= 0.6 is 0 Å². The van der Waals surface area contributed by atoms with Crippen LogP contribution in [-0.2, 0) is 4.74 Å². The Morgan fingerprint density at radius 1 is 1.67 bits per heavy atom. The molecule has 1 aliphatic heterocycles. The van der Waals surface area contributed by atoms with Crippen LogP contribution in [0.2, 0.25) is 0 Å². The molecule has 1 fully saturated rings. The number of likely N-dealkylation sites (N-methyl/N-ethyl adjacent to an activating group) is 2. The molecule has 0 aromatic carbocycles. The fraction of sp³-hybridized carbons (Fsp3) is 0.833. The summed E-state index contributed by atoms with van der Waals surface area (Å²) in [4.78, 5) is 2.42. The van der Waals surface area contributed by atoms with E-state index in [0.717, 1.165) is 39.1 Å². The lowest BCUT2D eigenvalue weighted by Gasteiger charge is -2.36. The number of hydrogen-bond donors (Lipinski definition) is 1. The van der Waals surface area contributed by atoms with Crippen LogP contribution < -0.4 is 5.32 Å². The molecule has 0 aromatic heterocycles. The van der Waals surface area contributed by atoms with E-state index in [4.69, 9.17) is 11.2 Å². The maximum absolute atomic E-state index is 5.79. The van der Waals surface area contributed by atoms with Gasteiger partial charge in [-0.2, -0.15) is 0 Å². The van der Waals surface area contributed by atoms with Crippen LogP contribution in [-0.4, -0.2) is 50.3 Å². The zero-order valence-corrected chi connectivity index (χ0v) is 9.83. The topological polar surface area (TPSA) is 24.5 Å². The smallest absolute Gasteiger partial charge is 0.0855 e. The second kappa shape index (κ2) is 6.84. The van der Waals surface area contributed by atoms with Crippen molar-refractivity contribution in [1.29, 1.82) is 0 Å². The van der Waals surface area contributed by atoms with Crippen LogP contribution in [0.5, 0.6) is 0 Å². The van der Waals surface area contributed by atoms with Crippen molar-refractivity contribution in [2.24, 2.45) is 0 Å². The Labute approximate surface area is 93.2 Å². The minimum atomic E-state index is 0.289. The molecule has 0 radical (unpaired) electrons. The van der Waals surface area contributed by atoms with Gasteiger partial charge in [0.2, 0.25) is 0 Å². The minimum absolute atomic E-state index is 0.289.